The topological polar surface area (TPSA) is 237 Å². The van der Waals surface area contributed by atoms with E-state index in [1.54, 1.807) is 0 Å². The Bertz CT molecular complexity index is 1620. The van der Waals surface area contributed by atoms with Gasteiger partial charge in [0, 0.05) is 25.7 Å². The van der Waals surface area contributed by atoms with Crippen LogP contribution in [0.15, 0.2) is 0 Å². The highest BCUT2D eigenvalue weighted by molar-refractivity contribution is 7.47. The summed E-state index contributed by atoms with van der Waals surface area (Å²) in [5.41, 5.74) is 0. The van der Waals surface area contributed by atoms with Crippen molar-refractivity contribution < 1.29 is 80.2 Å². The molecule has 0 saturated heterocycles. The fourth-order valence-electron chi connectivity index (χ4n) is 9.32. The first-order chi connectivity index (χ1) is 39.4. The molecule has 0 rings (SSSR count). The lowest BCUT2D eigenvalue weighted by Gasteiger charge is -2.21. The van der Waals surface area contributed by atoms with Gasteiger partial charge in [-0.15, -0.1) is 0 Å². The van der Waals surface area contributed by atoms with Crippen LogP contribution in [0.4, 0.5) is 0 Å². The molecule has 0 saturated carbocycles. The summed E-state index contributed by atoms with van der Waals surface area (Å²) in [5.74, 6) is -0.568. The van der Waals surface area contributed by atoms with Gasteiger partial charge in [-0.1, -0.05) is 260 Å². The van der Waals surface area contributed by atoms with E-state index in [0.29, 0.717) is 25.7 Å². The highest BCUT2D eigenvalue weighted by atomic mass is 31.2. The van der Waals surface area contributed by atoms with Crippen LogP contribution in [-0.2, 0) is 65.4 Å². The molecule has 0 aromatic rings. The first-order valence-electron chi connectivity index (χ1n) is 33.0. The molecule has 6 atom stereocenters. The van der Waals surface area contributed by atoms with E-state index in [1.807, 2.05) is 0 Å². The Morgan fingerprint density at radius 1 is 0.354 bits per heavy atom. The number of hydrogen-bond acceptors (Lipinski definition) is 15. The maximum atomic E-state index is 13.0. The summed E-state index contributed by atoms with van der Waals surface area (Å²) in [5, 5.41) is 10.5. The van der Waals surface area contributed by atoms with Crippen molar-refractivity contribution in [3.8, 4) is 0 Å². The van der Waals surface area contributed by atoms with Crippen LogP contribution in [0.5, 0.6) is 0 Å². The Balaban J connectivity index is 5.19. The Hall–Kier alpha value is -1.94. The molecule has 82 heavy (non-hydrogen) atoms. The fraction of sp³-hybridized carbons (Fsp3) is 0.937. The molecular formula is C63H122O17P2. The number of carbonyl (C=O) groups is 4. The van der Waals surface area contributed by atoms with Crippen LogP contribution in [0.3, 0.4) is 0 Å². The van der Waals surface area contributed by atoms with Crippen LogP contribution in [0.2, 0.25) is 0 Å². The predicted molar refractivity (Wildman–Crippen MR) is 326 cm³/mol. The van der Waals surface area contributed by atoms with Crippen LogP contribution in [0, 0.1) is 11.8 Å². The molecule has 0 aliphatic carbocycles. The number of phosphoric acid groups is 2. The molecule has 0 aliphatic rings. The zero-order valence-corrected chi connectivity index (χ0v) is 54.6. The summed E-state index contributed by atoms with van der Waals surface area (Å²) >= 11 is 0. The number of rotatable bonds is 62. The standard InChI is InChI=1S/C63H122O17P2/c1-7-10-12-14-25-33-39-45-60(65)73-51-58(79-62(67)47-41-35-26-15-13-11-8-2)53-77-81(69,70)75-49-57(64)50-76-82(71,72)78-54-59(80-63(68)48-42-36-30-24-18-16-17-21-27-31-37-43-55(4)5)52-74-61(66)46-40-34-29-23-20-19-22-28-32-38-44-56(6)9-3/h55-59,64H,7-54H2,1-6H3,(H,69,70)(H,71,72)/t56?,57-,58+,59+/m0/s1. The van der Waals surface area contributed by atoms with Crippen molar-refractivity contribution in [2.24, 2.45) is 11.8 Å². The smallest absolute Gasteiger partial charge is 0.462 e. The minimum atomic E-state index is -4.94. The van der Waals surface area contributed by atoms with Gasteiger partial charge < -0.3 is 33.8 Å². The first-order valence-corrected chi connectivity index (χ1v) is 36.0. The van der Waals surface area contributed by atoms with E-state index >= 15 is 0 Å². The summed E-state index contributed by atoms with van der Waals surface area (Å²) in [4.78, 5) is 71.9. The monoisotopic (exact) mass is 1210 g/mol. The van der Waals surface area contributed by atoms with Gasteiger partial charge in [-0.3, -0.25) is 37.3 Å². The van der Waals surface area contributed by atoms with Crippen molar-refractivity contribution in [2.75, 3.05) is 39.6 Å². The zero-order chi connectivity index (χ0) is 60.8. The molecule has 0 bridgehead atoms. The van der Waals surface area contributed by atoms with Crippen molar-refractivity contribution >= 4 is 39.5 Å². The summed E-state index contributed by atoms with van der Waals surface area (Å²) in [6, 6.07) is 0. The normalized spacial score (nSPS) is 14.7. The van der Waals surface area contributed by atoms with Crippen molar-refractivity contribution in [2.45, 2.75) is 330 Å². The third-order valence-corrected chi connectivity index (χ3v) is 16.7. The minimum Gasteiger partial charge on any atom is -0.462 e. The Morgan fingerprint density at radius 3 is 0.927 bits per heavy atom. The average molecular weight is 1210 g/mol. The third-order valence-electron chi connectivity index (χ3n) is 14.8. The molecule has 0 fully saturated rings. The molecular weight excluding hydrogens is 1090 g/mol. The van der Waals surface area contributed by atoms with Crippen molar-refractivity contribution in [3.63, 3.8) is 0 Å². The number of aliphatic hydroxyl groups excluding tert-OH is 1. The molecule has 17 nitrogen and oxygen atoms in total. The van der Waals surface area contributed by atoms with Gasteiger partial charge in [0.1, 0.15) is 19.3 Å². The fourth-order valence-corrected chi connectivity index (χ4v) is 10.9. The molecule has 0 aromatic carbocycles. The van der Waals surface area contributed by atoms with Crippen LogP contribution in [-0.4, -0.2) is 96.7 Å². The molecule has 3 N–H and O–H groups in total. The molecule has 0 aromatic heterocycles. The van der Waals surface area contributed by atoms with Crippen LogP contribution in [0.1, 0.15) is 311 Å². The number of ether oxygens (including phenoxy) is 4. The lowest BCUT2D eigenvalue weighted by atomic mass is 9.99. The van der Waals surface area contributed by atoms with Crippen molar-refractivity contribution in [1.29, 1.82) is 0 Å². The maximum absolute atomic E-state index is 13.0. The molecule has 0 heterocycles. The highest BCUT2D eigenvalue weighted by Gasteiger charge is 2.30. The van der Waals surface area contributed by atoms with Gasteiger partial charge in [-0.25, -0.2) is 9.13 Å². The van der Waals surface area contributed by atoms with Crippen LogP contribution >= 0.6 is 15.6 Å². The minimum absolute atomic E-state index is 0.103. The Morgan fingerprint density at radius 2 is 0.622 bits per heavy atom. The Kier molecular flexibility index (Phi) is 54.3. The van der Waals surface area contributed by atoms with E-state index in [2.05, 4.69) is 41.5 Å². The van der Waals surface area contributed by atoms with Crippen molar-refractivity contribution in [1.82, 2.24) is 0 Å². The largest absolute Gasteiger partial charge is 0.472 e. The summed E-state index contributed by atoms with van der Waals surface area (Å²) in [6.45, 7) is 9.43. The van der Waals surface area contributed by atoms with Crippen molar-refractivity contribution in [3.05, 3.63) is 0 Å². The summed E-state index contributed by atoms with van der Waals surface area (Å²) in [6.07, 6.45) is 37.7. The third kappa shape index (κ3) is 55.9. The maximum Gasteiger partial charge on any atom is 0.472 e. The van der Waals surface area contributed by atoms with Gasteiger partial charge in [0.25, 0.3) is 0 Å². The van der Waals surface area contributed by atoms with E-state index in [4.69, 9.17) is 37.0 Å². The lowest BCUT2D eigenvalue weighted by Crippen LogP contribution is -2.30. The molecule has 19 heteroatoms. The number of hydrogen-bond donors (Lipinski definition) is 3. The molecule has 0 aliphatic heterocycles. The second-order valence-electron chi connectivity index (χ2n) is 23.5. The van der Waals surface area contributed by atoms with E-state index in [9.17, 15) is 43.2 Å². The molecule has 486 valence electrons. The lowest BCUT2D eigenvalue weighted by molar-refractivity contribution is -0.161. The van der Waals surface area contributed by atoms with Crippen LogP contribution in [0.25, 0.3) is 0 Å². The molecule has 3 unspecified atom stereocenters. The van der Waals surface area contributed by atoms with Gasteiger partial charge in [0.15, 0.2) is 12.2 Å². The molecule has 0 radical (unpaired) electrons. The van der Waals surface area contributed by atoms with Gasteiger partial charge in [-0.05, 0) is 37.5 Å². The average Bonchev–Trinajstić information content (AvgIpc) is 3.44. The number of esters is 4. The highest BCUT2D eigenvalue weighted by Crippen LogP contribution is 2.45. The van der Waals surface area contributed by atoms with E-state index < -0.39 is 97.5 Å². The van der Waals surface area contributed by atoms with Gasteiger partial charge in [0.2, 0.25) is 0 Å². The van der Waals surface area contributed by atoms with Gasteiger partial charge in [0.05, 0.1) is 26.4 Å². The first kappa shape index (κ1) is 80.1. The predicted octanol–water partition coefficient (Wildman–Crippen LogP) is 17.3. The van der Waals surface area contributed by atoms with Crippen LogP contribution < -0.4 is 0 Å². The summed E-state index contributed by atoms with van der Waals surface area (Å²) in [7, 11) is -9.88. The van der Waals surface area contributed by atoms with Gasteiger partial charge >= 0.3 is 39.5 Å². The van der Waals surface area contributed by atoms with E-state index in [-0.39, 0.29) is 25.7 Å². The SMILES string of the molecule is CCCCCCCCCC(=O)OC[C@H](COP(=O)(O)OC[C@H](O)COP(=O)(O)OC[C@@H](COC(=O)CCCCCCCCCCCCC(C)CC)OC(=O)CCCCCCCCCCCCCC(C)C)OC(=O)CCCCCCCCC. The zero-order valence-electron chi connectivity index (χ0n) is 52.8. The number of phosphoric ester groups is 2. The molecule has 0 spiro atoms. The molecule has 0 amide bonds. The number of unbranched alkanes of at least 4 members (excludes halogenated alkanes) is 31. The second kappa shape index (κ2) is 55.6. The number of carbonyl (C=O) groups excluding carboxylic acids is 4. The van der Waals surface area contributed by atoms with Gasteiger partial charge in [-0.2, -0.15) is 0 Å². The second-order valence-corrected chi connectivity index (χ2v) is 26.4. The van der Waals surface area contributed by atoms with E-state index in [0.717, 1.165) is 127 Å². The summed E-state index contributed by atoms with van der Waals surface area (Å²) < 4.78 is 67.8. The Labute approximate surface area is 498 Å². The number of aliphatic hydroxyl groups is 1. The quantitative estimate of drug-likeness (QED) is 0.0222. The van der Waals surface area contributed by atoms with E-state index in [1.165, 1.54) is 103 Å².